The third-order valence-corrected chi connectivity index (χ3v) is 9.71. The molecule has 0 bridgehead atoms. The zero-order valence-corrected chi connectivity index (χ0v) is 26.2. The maximum absolute atomic E-state index is 16.9. The number of rotatable bonds is 6. The Balaban J connectivity index is 1.43. The molecule has 2 saturated heterocycles. The molecule has 0 spiro atoms. The fourth-order valence-corrected chi connectivity index (χ4v) is 7.17. The topological polar surface area (TPSA) is 94.2 Å². The van der Waals surface area contributed by atoms with Gasteiger partial charge in [0, 0.05) is 65.9 Å². The Kier molecular flexibility index (Phi) is 7.57. The molecule has 2 aliphatic rings. The van der Waals surface area contributed by atoms with Gasteiger partial charge in [-0.2, -0.15) is 5.26 Å². The number of aromatic nitrogens is 4. The number of halogens is 3. The van der Waals surface area contributed by atoms with Crippen LogP contribution in [0.1, 0.15) is 25.3 Å². The Morgan fingerprint density at radius 3 is 2.72 bits per heavy atom. The molecule has 2 fully saturated rings. The van der Waals surface area contributed by atoms with E-state index in [1.54, 1.807) is 29.4 Å². The average molecular weight is 641 g/mol. The number of nitriles is 1. The molecule has 5 aromatic rings. The molecular weight excluding hydrogens is 610 g/mol. The van der Waals surface area contributed by atoms with Crippen molar-refractivity contribution in [2.45, 2.75) is 37.4 Å². The fraction of sp³-hybridized carbons (Fsp3) is 0.324. The predicted octanol–water partition coefficient (Wildman–Crippen LogP) is 6.11. The molecule has 0 N–H and O–H groups in total. The van der Waals surface area contributed by atoms with Gasteiger partial charge in [-0.15, -0.1) is 0 Å². The van der Waals surface area contributed by atoms with E-state index in [2.05, 4.69) is 27.4 Å². The van der Waals surface area contributed by atoms with Crippen molar-refractivity contribution in [3.8, 4) is 17.2 Å². The summed E-state index contributed by atoms with van der Waals surface area (Å²) in [7, 11) is 4.05. The number of nitrogens with zero attached hydrogens (tertiary/aromatic N) is 8. The second kappa shape index (κ2) is 11.6. The molecule has 9 nitrogen and oxygen atoms in total. The lowest BCUT2D eigenvalue weighted by atomic mass is 9.94. The van der Waals surface area contributed by atoms with Crippen LogP contribution in [-0.2, 0) is 4.79 Å². The van der Waals surface area contributed by atoms with Gasteiger partial charge in [-0.3, -0.25) is 9.78 Å². The maximum atomic E-state index is 16.9. The Bertz CT molecular complexity index is 2080. The van der Waals surface area contributed by atoms with E-state index in [-0.39, 0.29) is 45.9 Å². The van der Waals surface area contributed by atoms with Crippen molar-refractivity contribution in [3.63, 3.8) is 0 Å². The lowest BCUT2D eigenvalue weighted by Crippen LogP contribution is -2.57. The van der Waals surface area contributed by atoms with Crippen LogP contribution in [0.3, 0.4) is 0 Å². The molecule has 5 heterocycles. The highest BCUT2D eigenvalue weighted by Gasteiger charge is 2.35. The van der Waals surface area contributed by atoms with Crippen molar-refractivity contribution in [2.24, 2.45) is 0 Å². The summed E-state index contributed by atoms with van der Waals surface area (Å²) in [6.07, 6.45) is 5.87. The van der Waals surface area contributed by atoms with E-state index in [1.165, 1.54) is 24.4 Å². The number of carbonyl (C=O) groups excluding carboxylic acids is 1. The fourth-order valence-electron chi connectivity index (χ4n) is 6.88. The highest BCUT2D eigenvalue weighted by atomic mass is 35.5. The number of hydrogen-bond acceptors (Lipinski definition) is 7. The Morgan fingerprint density at radius 1 is 1.17 bits per heavy atom. The van der Waals surface area contributed by atoms with Crippen LogP contribution in [0.2, 0.25) is 5.02 Å². The summed E-state index contributed by atoms with van der Waals surface area (Å²) >= 11 is 6.89. The number of carbonyl (C=O) groups is 1. The minimum absolute atomic E-state index is 0.0989. The van der Waals surface area contributed by atoms with Crippen LogP contribution in [0.4, 0.5) is 14.6 Å². The molecular formula is C34H31ClF2N8O. The largest absolute Gasteiger partial charge is 0.351 e. The molecule has 3 aromatic heterocycles. The van der Waals surface area contributed by atoms with Gasteiger partial charge in [-0.1, -0.05) is 18.2 Å². The van der Waals surface area contributed by atoms with Crippen LogP contribution in [0.5, 0.6) is 0 Å². The molecule has 2 aromatic carbocycles. The van der Waals surface area contributed by atoms with Crippen molar-refractivity contribution < 1.29 is 13.6 Å². The lowest BCUT2D eigenvalue weighted by molar-refractivity contribution is -0.130. The van der Waals surface area contributed by atoms with Crippen molar-refractivity contribution in [1.82, 2.24) is 29.3 Å². The van der Waals surface area contributed by atoms with Gasteiger partial charge < -0.3 is 19.3 Å². The van der Waals surface area contributed by atoms with Gasteiger partial charge in [0.05, 0.1) is 34.9 Å². The summed E-state index contributed by atoms with van der Waals surface area (Å²) in [6, 6.07) is 9.83. The number of anilines is 1. The summed E-state index contributed by atoms with van der Waals surface area (Å²) < 4.78 is 33.7. The molecule has 0 radical (unpaired) electrons. The number of amides is 1. The van der Waals surface area contributed by atoms with Gasteiger partial charge in [0.15, 0.2) is 11.6 Å². The number of pyridine rings is 2. The van der Waals surface area contributed by atoms with Crippen LogP contribution in [0.15, 0.2) is 55.5 Å². The maximum Gasteiger partial charge on any atom is 0.246 e. The number of benzene rings is 2. The minimum atomic E-state index is -0.629. The van der Waals surface area contributed by atoms with Crippen molar-refractivity contribution in [2.75, 3.05) is 38.6 Å². The molecule has 12 heteroatoms. The lowest BCUT2D eigenvalue weighted by Gasteiger charge is -2.43. The van der Waals surface area contributed by atoms with E-state index < -0.39 is 11.6 Å². The smallest absolute Gasteiger partial charge is 0.246 e. The molecule has 0 saturated carbocycles. The Labute approximate surface area is 269 Å². The molecule has 7 rings (SSSR count). The number of fused-ring (bicyclic) bond motifs is 4. The van der Waals surface area contributed by atoms with E-state index in [4.69, 9.17) is 21.6 Å². The molecule has 2 aliphatic heterocycles. The first-order chi connectivity index (χ1) is 22.2. The van der Waals surface area contributed by atoms with Crippen LogP contribution < -0.4 is 4.90 Å². The summed E-state index contributed by atoms with van der Waals surface area (Å²) in [5.74, 6) is -0.723. The SMILES string of the molecule is C=CC(=O)N1CCC(n2cnc3c(N4CC(N(C)C)C4)nc4c(F)c(-c5ccc(F)c6cccnc56)c(Cl)cc4c32)CC1CC#N. The van der Waals surface area contributed by atoms with Crippen LogP contribution in [0.25, 0.3) is 44.0 Å². The van der Waals surface area contributed by atoms with Gasteiger partial charge in [-0.05, 0) is 63.3 Å². The standard InChI is InChI=1S/C34H31ClF2N8O/c1-4-27(46)44-13-10-20(14-19(44)9-11-38)45-18-40-32-33(45)24-15-25(35)28(23-7-8-26(36)22-6-5-12-39-30(22)23)29(37)31(24)41-34(32)43-16-21(17-43)42(2)3/h4-8,12,15,18-21H,1,9-10,13-14,16-17H2,2-3H3. The third kappa shape index (κ3) is 4.75. The summed E-state index contributed by atoms with van der Waals surface area (Å²) in [5, 5.41) is 10.4. The van der Waals surface area contributed by atoms with Gasteiger partial charge in [-0.25, -0.2) is 18.7 Å². The average Bonchev–Trinajstić information content (AvgIpc) is 3.47. The highest BCUT2D eigenvalue weighted by Crippen LogP contribution is 2.43. The molecule has 46 heavy (non-hydrogen) atoms. The number of likely N-dealkylation sites (tertiary alicyclic amines) is 1. The second-order valence-corrected chi connectivity index (χ2v) is 12.6. The van der Waals surface area contributed by atoms with E-state index in [1.807, 2.05) is 18.7 Å². The van der Waals surface area contributed by atoms with Crippen LogP contribution in [0, 0.1) is 23.0 Å². The number of imidazole rings is 1. The number of likely N-dealkylation sites (N-methyl/N-ethyl adjacent to an activating group) is 1. The van der Waals surface area contributed by atoms with E-state index in [9.17, 15) is 14.4 Å². The van der Waals surface area contributed by atoms with E-state index in [0.717, 1.165) is 0 Å². The first kappa shape index (κ1) is 30.0. The van der Waals surface area contributed by atoms with Gasteiger partial charge in [0.2, 0.25) is 5.91 Å². The molecule has 1 amide bonds. The monoisotopic (exact) mass is 640 g/mol. The number of hydrogen-bond donors (Lipinski definition) is 0. The van der Waals surface area contributed by atoms with Gasteiger partial charge >= 0.3 is 0 Å². The molecule has 234 valence electrons. The third-order valence-electron chi connectivity index (χ3n) is 9.41. The minimum Gasteiger partial charge on any atom is -0.351 e. The van der Waals surface area contributed by atoms with Crippen molar-refractivity contribution >= 4 is 56.2 Å². The Hall–Kier alpha value is -4.66. The molecule has 0 aliphatic carbocycles. The quantitative estimate of drug-likeness (QED) is 0.207. The number of piperidine rings is 1. The van der Waals surface area contributed by atoms with Crippen molar-refractivity contribution in [3.05, 3.63) is 72.2 Å². The second-order valence-electron chi connectivity index (χ2n) is 12.2. The zero-order chi connectivity index (χ0) is 32.3. The summed E-state index contributed by atoms with van der Waals surface area (Å²) in [4.78, 5) is 32.6. The van der Waals surface area contributed by atoms with Crippen LogP contribution in [-0.4, -0.2) is 81.0 Å². The zero-order valence-electron chi connectivity index (χ0n) is 25.4. The van der Waals surface area contributed by atoms with Crippen LogP contribution >= 0.6 is 11.6 Å². The van der Waals surface area contributed by atoms with Crippen molar-refractivity contribution in [1.29, 1.82) is 5.26 Å². The molecule has 2 atom stereocenters. The van der Waals surface area contributed by atoms with Gasteiger partial charge in [0.25, 0.3) is 0 Å². The highest BCUT2D eigenvalue weighted by molar-refractivity contribution is 6.35. The Morgan fingerprint density at radius 2 is 1.98 bits per heavy atom. The first-order valence-electron chi connectivity index (χ1n) is 15.1. The van der Waals surface area contributed by atoms with E-state index >= 15 is 4.39 Å². The molecule has 2 unspecified atom stereocenters. The first-order valence-corrected chi connectivity index (χ1v) is 15.5. The summed E-state index contributed by atoms with van der Waals surface area (Å²) in [5.41, 5.74) is 2.21. The van der Waals surface area contributed by atoms with E-state index in [0.29, 0.717) is 71.8 Å². The normalized spacial score (nSPS) is 18.8. The van der Waals surface area contributed by atoms with Gasteiger partial charge in [0.1, 0.15) is 16.9 Å². The predicted molar refractivity (Wildman–Crippen MR) is 175 cm³/mol. The summed E-state index contributed by atoms with van der Waals surface area (Å²) in [6.45, 7) is 5.47.